The highest BCUT2D eigenvalue weighted by Gasteiger charge is 2.28. The zero-order valence-electron chi connectivity index (χ0n) is 11.1. The first-order valence-corrected chi connectivity index (χ1v) is 7.46. The molecule has 0 spiro atoms. The summed E-state index contributed by atoms with van der Waals surface area (Å²) in [6, 6.07) is 8.33. The fourth-order valence-electron chi connectivity index (χ4n) is 2.21. The van der Waals surface area contributed by atoms with E-state index in [0.29, 0.717) is 22.2 Å². The lowest BCUT2D eigenvalue weighted by molar-refractivity contribution is -0.116. The molecular weight excluding hydrogens is 356 g/mol. The van der Waals surface area contributed by atoms with Crippen molar-refractivity contribution in [1.82, 2.24) is 0 Å². The van der Waals surface area contributed by atoms with Gasteiger partial charge in [-0.15, -0.1) is 0 Å². The minimum atomic E-state index is -0.636. The van der Waals surface area contributed by atoms with Gasteiger partial charge in [-0.25, -0.2) is 0 Å². The molecular formula is C15H12BrClN2O2. The van der Waals surface area contributed by atoms with Crippen LogP contribution in [0.5, 0.6) is 11.5 Å². The fraction of sp³-hybridized carbons (Fsp3) is 0.133. The van der Waals surface area contributed by atoms with E-state index in [4.69, 9.17) is 22.1 Å². The molecule has 0 saturated carbocycles. The highest BCUT2D eigenvalue weighted by Crippen LogP contribution is 2.40. The lowest BCUT2D eigenvalue weighted by Crippen LogP contribution is -2.19. The number of halogens is 2. The molecule has 0 radical (unpaired) electrons. The van der Waals surface area contributed by atoms with Crippen molar-refractivity contribution >= 4 is 39.1 Å². The van der Waals surface area contributed by atoms with E-state index in [1.807, 2.05) is 19.1 Å². The second-order valence-corrected chi connectivity index (χ2v) is 6.14. The van der Waals surface area contributed by atoms with Crippen LogP contribution in [0.3, 0.4) is 0 Å². The molecule has 1 amide bonds. The molecule has 1 aliphatic heterocycles. The van der Waals surface area contributed by atoms with Gasteiger partial charge in [-0.2, -0.15) is 0 Å². The molecule has 0 aliphatic carbocycles. The van der Waals surface area contributed by atoms with Crippen LogP contribution in [0.4, 0.5) is 5.69 Å². The van der Waals surface area contributed by atoms with Crippen LogP contribution in [0, 0.1) is 6.92 Å². The molecule has 2 aromatic rings. The Kier molecular flexibility index (Phi) is 3.65. The highest BCUT2D eigenvalue weighted by atomic mass is 79.9. The Balaban J connectivity index is 1.97. The van der Waals surface area contributed by atoms with E-state index in [9.17, 15) is 4.79 Å². The molecule has 1 unspecified atom stereocenters. The Morgan fingerprint density at radius 2 is 2.05 bits per heavy atom. The minimum absolute atomic E-state index is 0.211. The van der Waals surface area contributed by atoms with E-state index in [0.717, 1.165) is 15.6 Å². The topological polar surface area (TPSA) is 64.3 Å². The predicted octanol–water partition coefficient (Wildman–Crippen LogP) is 4.16. The highest BCUT2D eigenvalue weighted by molar-refractivity contribution is 9.10. The average molecular weight is 368 g/mol. The van der Waals surface area contributed by atoms with Gasteiger partial charge in [0.15, 0.2) is 0 Å². The molecule has 6 heteroatoms. The Bertz CT molecular complexity index is 749. The second kappa shape index (κ2) is 5.33. The van der Waals surface area contributed by atoms with Gasteiger partial charge in [-0.05, 0) is 52.7 Å². The average Bonchev–Trinajstić information content (AvgIpc) is 2.69. The summed E-state index contributed by atoms with van der Waals surface area (Å²) in [7, 11) is 0. The minimum Gasteiger partial charge on any atom is -0.456 e. The van der Waals surface area contributed by atoms with E-state index in [1.54, 1.807) is 18.2 Å². The fourth-order valence-corrected chi connectivity index (χ4v) is 2.88. The molecule has 21 heavy (non-hydrogen) atoms. The number of anilines is 1. The Morgan fingerprint density at radius 1 is 1.29 bits per heavy atom. The maximum atomic E-state index is 11.6. The van der Waals surface area contributed by atoms with Gasteiger partial charge in [0.25, 0.3) is 0 Å². The van der Waals surface area contributed by atoms with E-state index in [-0.39, 0.29) is 5.91 Å². The van der Waals surface area contributed by atoms with Gasteiger partial charge in [0, 0.05) is 22.3 Å². The number of rotatable bonds is 2. The van der Waals surface area contributed by atoms with Gasteiger partial charge in [-0.3, -0.25) is 4.79 Å². The number of fused-ring (bicyclic) bond motifs is 1. The van der Waals surface area contributed by atoms with Gasteiger partial charge in [0.1, 0.15) is 17.5 Å². The smallest absolute Gasteiger partial charge is 0.245 e. The van der Waals surface area contributed by atoms with E-state index >= 15 is 0 Å². The Hall–Kier alpha value is -1.56. The summed E-state index contributed by atoms with van der Waals surface area (Å²) in [5, 5.41) is 3.40. The van der Waals surface area contributed by atoms with Crippen molar-refractivity contribution in [3.05, 3.63) is 51.0 Å². The van der Waals surface area contributed by atoms with Crippen LogP contribution >= 0.6 is 27.5 Å². The van der Waals surface area contributed by atoms with Gasteiger partial charge in [0.05, 0.1) is 4.47 Å². The molecule has 1 heterocycles. The van der Waals surface area contributed by atoms with Crippen molar-refractivity contribution in [2.45, 2.75) is 13.0 Å². The van der Waals surface area contributed by atoms with Crippen molar-refractivity contribution in [3.63, 3.8) is 0 Å². The van der Waals surface area contributed by atoms with Crippen LogP contribution < -0.4 is 15.8 Å². The summed E-state index contributed by atoms with van der Waals surface area (Å²) in [6.07, 6.45) is 0. The largest absolute Gasteiger partial charge is 0.456 e. The van der Waals surface area contributed by atoms with Crippen molar-refractivity contribution in [3.8, 4) is 11.5 Å². The standard InChI is InChI=1S/C15H12BrClN2O2/c1-7-4-8(17)2-3-12(7)21-13-6-11-9(5-10(13)16)14(18)15(20)19-11/h2-6,14H,18H2,1H3,(H,19,20). The maximum absolute atomic E-state index is 11.6. The summed E-state index contributed by atoms with van der Waals surface area (Å²) in [4.78, 5) is 11.6. The second-order valence-electron chi connectivity index (χ2n) is 4.85. The molecule has 3 N–H and O–H groups in total. The van der Waals surface area contributed by atoms with Crippen LogP contribution in [-0.2, 0) is 4.79 Å². The van der Waals surface area contributed by atoms with E-state index in [1.165, 1.54) is 0 Å². The quantitative estimate of drug-likeness (QED) is 0.838. The number of benzene rings is 2. The summed E-state index contributed by atoms with van der Waals surface area (Å²) < 4.78 is 6.63. The zero-order valence-corrected chi connectivity index (χ0v) is 13.5. The number of nitrogens with one attached hydrogen (secondary N) is 1. The van der Waals surface area contributed by atoms with E-state index < -0.39 is 6.04 Å². The number of carbonyl (C=O) groups excluding carboxylic acids is 1. The number of aryl methyl sites for hydroxylation is 1. The number of hydrogen-bond acceptors (Lipinski definition) is 3. The normalized spacial score (nSPS) is 16.6. The molecule has 0 fully saturated rings. The third-order valence-corrected chi connectivity index (χ3v) is 4.19. The number of carbonyl (C=O) groups is 1. The third kappa shape index (κ3) is 2.64. The van der Waals surface area contributed by atoms with Crippen LogP contribution in [0.25, 0.3) is 0 Å². The SMILES string of the molecule is Cc1cc(Cl)ccc1Oc1cc2c(cc1Br)C(N)C(=O)N2. The molecule has 108 valence electrons. The monoisotopic (exact) mass is 366 g/mol. The van der Waals surface area contributed by atoms with Gasteiger partial charge in [-0.1, -0.05) is 11.6 Å². The van der Waals surface area contributed by atoms with Gasteiger partial charge < -0.3 is 15.8 Å². The molecule has 0 bridgehead atoms. The van der Waals surface area contributed by atoms with Crippen LogP contribution in [0.1, 0.15) is 17.2 Å². The Morgan fingerprint density at radius 3 is 2.76 bits per heavy atom. The molecule has 2 aromatic carbocycles. The van der Waals surface area contributed by atoms with Crippen LogP contribution in [0.15, 0.2) is 34.8 Å². The van der Waals surface area contributed by atoms with Gasteiger partial charge in [0.2, 0.25) is 5.91 Å². The van der Waals surface area contributed by atoms with Crippen LogP contribution in [-0.4, -0.2) is 5.91 Å². The molecule has 0 saturated heterocycles. The first kappa shape index (κ1) is 14.4. The molecule has 3 rings (SSSR count). The number of nitrogens with two attached hydrogens (primary N) is 1. The lowest BCUT2D eigenvalue weighted by atomic mass is 10.1. The van der Waals surface area contributed by atoms with Gasteiger partial charge >= 0.3 is 0 Å². The van der Waals surface area contributed by atoms with Crippen molar-refractivity contribution in [2.24, 2.45) is 5.73 Å². The number of hydrogen-bond donors (Lipinski definition) is 2. The summed E-state index contributed by atoms with van der Waals surface area (Å²) >= 11 is 9.38. The van der Waals surface area contributed by atoms with Crippen LogP contribution in [0.2, 0.25) is 5.02 Å². The molecule has 1 aliphatic rings. The van der Waals surface area contributed by atoms with Crippen molar-refractivity contribution in [2.75, 3.05) is 5.32 Å². The van der Waals surface area contributed by atoms with E-state index in [2.05, 4.69) is 21.2 Å². The van der Waals surface area contributed by atoms with Crippen molar-refractivity contribution < 1.29 is 9.53 Å². The molecule has 1 atom stereocenters. The third-order valence-electron chi connectivity index (χ3n) is 3.34. The first-order chi connectivity index (χ1) is 9.95. The summed E-state index contributed by atoms with van der Waals surface area (Å²) in [6.45, 7) is 1.92. The summed E-state index contributed by atoms with van der Waals surface area (Å²) in [5.74, 6) is 1.10. The Labute approximate surface area is 135 Å². The first-order valence-electron chi connectivity index (χ1n) is 6.29. The summed E-state index contributed by atoms with van der Waals surface area (Å²) in [5.41, 5.74) is 8.17. The number of amides is 1. The molecule has 4 nitrogen and oxygen atoms in total. The van der Waals surface area contributed by atoms with Crippen molar-refractivity contribution in [1.29, 1.82) is 0 Å². The zero-order chi connectivity index (χ0) is 15.1. The predicted molar refractivity (Wildman–Crippen MR) is 86.0 cm³/mol. The maximum Gasteiger partial charge on any atom is 0.245 e. The number of ether oxygens (including phenoxy) is 1. The molecule has 0 aromatic heterocycles. The lowest BCUT2D eigenvalue weighted by Gasteiger charge is -2.12.